The highest BCUT2D eigenvalue weighted by atomic mass is 35.5. The van der Waals surface area contributed by atoms with Crippen LogP contribution in [0.1, 0.15) is 41.3 Å². The molecular weight excluding hydrogens is 364 g/mol. The molecule has 0 aliphatic carbocycles. The molecule has 0 bridgehead atoms. The van der Waals surface area contributed by atoms with E-state index < -0.39 is 5.66 Å². The molecule has 1 fully saturated rings. The summed E-state index contributed by atoms with van der Waals surface area (Å²) in [5, 5.41) is 0.590. The van der Waals surface area contributed by atoms with Crippen LogP contribution in [0, 0.1) is 0 Å². The van der Waals surface area contributed by atoms with Crippen molar-refractivity contribution >= 4 is 29.2 Å². The third kappa shape index (κ3) is 2.57. The molecule has 0 saturated carbocycles. The number of carbonyl (C=O) groups excluding carboxylic acids is 3. The summed E-state index contributed by atoms with van der Waals surface area (Å²) in [6.45, 7) is 2.36. The Labute approximate surface area is 162 Å². The van der Waals surface area contributed by atoms with Gasteiger partial charge in [-0.1, -0.05) is 41.9 Å². The number of benzene rings is 2. The number of hydrogen-bond donors (Lipinski definition) is 0. The van der Waals surface area contributed by atoms with Crippen molar-refractivity contribution in [3.63, 3.8) is 0 Å². The Bertz CT molecular complexity index is 941. The normalized spacial score (nSPS) is 20.6. The molecule has 0 radical (unpaired) electrons. The maximum atomic E-state index is 13.1. The third-order valence-corrected chi connectivity index (χ3v) is 5.60. The minimum absolute atomic E-state index is 0.0251. The fourth-order valence-electron chi connectivity index (χ4n) is 4.20. The smallest absolute Gasteiger partial charge is 0.256 e. The van der Waals surface area contributed by atoms with Crippen LogP contribution in [-0.2, 0) is 15.3 Å². The summed E-state index contributed by atoms with van der Waals surface area (Å²) in [6, 6.07) is 14.7. The number of amides is 2. The predicted octanol–water partition coefficient (Wildman–Crippen LogP) is 3.21. The topological polar surface area (TPSA) is 57.7 Å². The molecule has 4 rings (SSSR count). The zero-order valence-corrected chi connectivity index (χ0v) is 15.7. The summed E-state index contributed by atoms with van der Waals surface area (Å²) in [6.07, 6.45) is 0.330. The fourth-order valence-corrected chi connectivity index (χ4v) is 4.33. The zero-order valence-electron chi connectivity index (χ0n) is 14.9. The van der Waals surface area contributed by atoms with Gasteiger partial charge in [-0.25, -0.2) is 0 Å². The summed E-state index contributed by atoms with van der Waals surface area (Å²) >= 11 is 6.07. The van der Waals surface area contributed by atoms with E-state index in [4.69, 9.17) is 11.6 Å². The molecule has 1 saturated heterocycles. The zero-order chi connectivity index (χ0) is 19.2. The Balaban J connectivity index is 1.89. The van der Waals surface area contributed by atoms with Gasteiger partial charge in [-0.3, -0.25) is 9.59 Å². The first-order chi connectivity index (χ1) is 13.0. The maximum absolute atomic E-state index is 13.1. The van der Waals surface area contributed by atoms with Gasteiger partial charge in [0, 0.05) is 47.6 Å². The average molecular weight is 383 g/mol. The molecule has 0 aromatic heterocycles. The lowest BCUT2D eigenvalue weighted by atomic mass is 9.89. The van der Waals surface area contributed by atoms with Crippen molar-refractivity contribution in [1.82, 2.24) is 9.80 Å². The molecule has 2 amide bonds. The summed E-state index contributed by atoms with van der Waals surface area (Å²) in [4.78, 5) is 41.0. The van der Waals surface area contributed by atoms with E-state index in [-0.39, 0.29) is 30.4 Å². The van der Waals surface area contributed by atoms with Gasteiger partial charge < -0.3 is 14.6 Å². The maximum Gasteiger partial charge on any atom is 0.256 e. The lowest BCUT2D eigenvalue weighted by molar-refractivity contribution is -0.137. The molecule has 27 heavy (non-hydrogen) atoms. The van der Waals surface area contributed by atoms with E-state index in [0.717, 1.165) is 11.1 Å². The molecule has 6 heteroatoms. The van der Waals surface area contributed by atoms with Gasteiger partial charge in [0.1, 0.15) is 5.78 Å². The van der Waals surface area contributed by atoms with Gasteiger partial charge in [-0.05, 0) is 25.1 Å². The second-order valence-electron chi connectivity index (χ2n) is 6.93. The Morgan fingerprint density at radius 2 is 1.74 bits per heavy atom. The molecule has 1 unspecified atom stereocenters. The molecule has 2 aromatic rings. The first kappa shape index (κ1) is 17.7. The van der Waals surface area contributed by atoms with Crippen LogP contribution < -0.4 is 0 Å². The minimum Gasteiger partial charge on any atom is -0.310 e. The molecule has 2 aliphatic rings. The molecule has 1 atom stereocenters. The highest BCUT2D eigenvalue weighted by molar-refractivity contribution is 6.30. The lowest BCUT2D eigenvalue weighted by Gasteiger charge is -2.40. The van der Waals surface area contributed by atoms with Gasteiger partial charge in [0.15, 0.2) is 5.66 Å². The molecule has 138 valence electrons. The van der Waals surface area contributed by atoms with E-state index in [9.17, 15) is 14.4 Å². The number of halogens is 1. The van der Waals surface area contributed by atoms with Crippen molar-refractivity contribution < 1.29 is 14.4 Å². The SMILES string of the molecule is CC(=O)CCC(=O)N1CCN2C(=O)c3ccccc3C12c1ccc(Cl)cc1. The number of carbonyl (C=O) groups is 3. The van der Waals surface area contributed by atoms with Crippen molar-refractivity contribution in [1.29, 1.82) is 0 Å². The van der Waals surface area contributed by atoms with Crippen LogP contribution in [0.3, 0.4) is 0 Å². The Hall–Kier alpha value is -2.66. The van der Waals surface area contributed by atoms with Gasteiger partial charge in [0.2, 0.25) is 5.91 Å². The van der Waals surface area contributed by atoms with Gasteiger partial charge in [0.05, 0.1) is 0 Å². The van der Waals surface area contributed by atoms with Crippen molar-refractivity contribution in [3.8, 4) is 0 Å². The van der Waals surface area contributed by atoms with Crippen molar-refractivity contribution in [2.45, 2.75) is 25.4 Å². The van der Waals surface area contributed by atoms with E-state index in [2.05, 4.69) is 0 Å². The first-order valence-corrected chi connectivity index (χ1v) is 9.31. The lowest BCUT2D eigenvalue weighted by Crippen LogP contribution is -2.51. The van der Waals surface area contributed by atoms with Gasteiger partial charge in [-0.15, -0.1) is 0 Å². The number of hydrogen-bond acceptors (Lipinski definition) is 3. The molecule has 2 aromatic carbocycles. The summed E-state index contributed by atoms with van der Waals surface area (Å²) in [5.74, 6) is -0.239. The van der Waals surface area contributed by atoms with Gasteiger partial charge in [0.25, 0.3) is 5.91 Å². The Morgan fingerprint density at radius 1 is 1.04 bits per heavy atom. The van der Waals surface area contributed by atoms with Crippen LogP contribution in [0.15, 0.2) is 48.5 Å². The molecule has 2 heterocycles. The van der Waals surface area contributed by atoms with E-state index >= 15 is 0 Å². The number of rotatable bonds is 4. The Morgan fingerprint density at radius 3 is 2.44 bits per heavy atom. The van der Waals surface area contributed by atoms with Crippen LogP contribution in [-0.4, -0.2) is 40.5 Å². The van der Waals surface area contributed by atoms with Crippen LogP contribution in [0.4, 0.5) is 0 Å². The van der Waals surface area contributed by atoms with Crippen molar-refractivity contribution in [2.24, 2.45) is 0 Å². The quantitative estimate of drug-likeness (QED) is 0.815. The molecule has 2 aliphatic heterocycles. The number of Topliss-reactive ketones (excluding diaryl/α,β-unsaturated/α-hetero) is 1. The predicted molar refractivity (Wildman–Crippen MR) is 101 cm³/mol. The highest BCUT2D eigenvalue weighted by Crippen LogP contribution is 2.49. The molecule has 0 spiro atoms. The molecule has 5 nitrogen and oxygen atoms in total. The Kier molecular flexibility index (Phi) is 4.27. The van der Waals surface area contributed by atoms with Crippen LogP contribution in [0.25, 0.3) is 0 Å². The van der Waals surface area contributed by atoms with E-state index in [1.807, 2.05) is 30.3 Å². The highest BCUT2D eigenvalue weighted by Gasteiger charge is 2.59. The second kappa shape index (κ2) is 6.50. The second-order valence-corrected chi connectivity index (χ2v) is 7.37. The van der Waals surface area contributed by atoms with Crippen molar-refractivity contribution in [3.05, 3.63) is 70.2 Å². The third-order valence-electron chi connectivity index (χ3n) is 5.35. The monoisotopic (exact) mass is 382 g/mol. The largest absolute Gasteiger partial charge is 0.310 e. The molecule has 0 N–H and O–H groups in total. The standard InChI is InChI=1S/C21H19ClN2O3/c1-14(25)6-11-19(26)23-12-13-24-20(27)17-4-2-3-5-18(17)21(23,24)15-7-9-16(22)10-8-15/h2-5,7-10H,6,11-13H2,1H3. The number of nitrogens with zero attached hydrogens (tertiary/aromatic N) is 2. The fraction of sp³-hybridized carbons (Fsp3) is 0.286. The van der Waals surface area contributed by atoms with Crippen molar-refractivity contribution in [2.75, 3.05) is 13.1 Å². The molecular formula is C21H19ClN2O3. The average Bonchev–Trinajstić information content (AvgIpc) is 3.17. The van der Waals surface area contributed by atoms with Crippen LogP contribution >= 0.6 is 11.6 Å². The van der Waals surface area contributed by atoms with E-state index in [0.29, 0.717) is 23.7 Å². The summed E-state index contributed by atoms with van der Waals surface area (Å²) < 4.78 is 0. The van der Waals surface area contributed by atoms with E-state index in [1.165, 1.54) is 6.92 Å². The van der Waals surface area contributed by atoms with Crippen LogP contribution in [0.2, 0.25) is 5.02 Å². The van der Waals surface area contributed by atoms with Crippen LogP contribution in [0.5, 0.6) is 0 Å². The minimum atomic E-state index is -0.980. The summed E-state index contributed by atoms with van der Waals surface area (Å²) in [7, 11) is 0. The summed E-state index contributed by atoms with van der Waals surface area (Å²) in [5.41, 5.74) is 1.24. The van der Waals surface area contributed by atoms with E-state index in [1.54, 1.807) is 28.0 Å². The van der Waals surface area contributed by atoms with Gasteiger partial charge >= 0.3 is 0 Å². The first-order valence-electron chi connectivity index (χ1n) is 8.93. The number of ketones is 1. The number of fused-ring (bicyclic) bond motifs is 3. The van der Waals surface area contributed by atoms with Gasteiger partial charge in [-0.2, -0.15) is 0 Å².